The van der Waals surface area contributed by atoms with E-state index in [1.54, 1.807) is 0 Å². The molecule has 3 aromatic rings. The van der Waals surface area contributed by atoms with Crippen LogP contribution in [0.15, 0.2) is 77.3 Å². The number of hydrogen-bond acceptors (Lipinski definition) is 3. The van der Waals surface area contributed by atoms with Gasteiger partial charge >= 0.3 is 0 Å². The van der Waals surface area contributed by atoms with Gasteiger partial charge in [0, 0.05) is 22.1 Å². The molecule has 5 rings (SSSR count). The second-order valence-electron chi connectivity index (χ2n) is 7.41. The van der Waals surface area contributed by atoms with Gasteiger partial charge in [-0.15, -0.1) is 0 Å². The van der Waals surface area contributed by atoms with E-state index in [4.69, 9.17) is 21.7 Å². The second kappa shape index (κ2) is 7.04. The average molecular weight is 467 g/mol. The highest BCUT2D eigenvalue weighted by Gasteiger charge is 2.48. The third kappa shape index (κ3) is 3.36. The summed E-state index contributed by atoms with van der Waals surface area (Å²) in [6.45, 7) is 2.09. The molecule has 0 aliphatic carbocycles. The molecular formula is C23H19BrN2O2S. The molecule has 2 unspecified atom stereocenters. The Morgan fingerprint density at radius 1 is 1.07 bits per heavy atom. The molecule has 4 nitrogen and oxygen atoms in total. The molecule has 0 amide bonds. The number of hydrogen-bond donors (Lipinski definition) is 1. The van der Waals surface area contributed by atoms with Crippen molar-refractivity contribution in [1.82, 2.24) is 5.32 Å². The molecule has 146 valence electrons. The Balaban J connectivity index is 1.44. The Morgan fingerprint density at radius 2 is 1.79 bits per heavy atom. The van der Waals surface area contributed by atoms with E-state index in [9.17, 15) is 0 Å². The minimum Gasteiger partial charge on any atom is -0.467 e. The van der Waals surface area contributed by atoms with Crippen molar-refractivity contribution in [3.8, 4) is 17.2 Å². The quantitative estimate of drug-likeness (QED) is 0.466. The first-order chi connectivity index (χ1) is 14.0. The van der Waals surface area contributed by atoms with Crippen LogP contribution in [0, 0.1) is 0 Å². The maximum atomic E-state index is 6.45. The number of benzene rings is 3. The topological polar surface area (TPSA) is 33.7 Å². The summed E-state index contributed by atoms with van der Waals surface area (Å²) in [7, 11) is 0. The van der Waals surface area contributed by atoms with E-state index in [1.807, 2.05) is 66.7 Å². The van der Waals surface area contributed by atoms with Crippen LogP contribution in [0.3, 0.4) is 0 Å². The van der Waals surface area contributed by atoms with Crippen molar-refractivity contribution < 1.29 is 9.47 Å². The lowest BCUT2D eigenvalue weighted by Gasteiger charge is -2.52. The third-order valence-electron chi connectivity index (χ3n) is 5.31. The van der Waals surface area contributed by atoms with Gasteiger partial charge in [0.2, 0.25) is 0 Å². The lowest BCUT2D eigenvalue weighted by atomic mass is 9.90. The number of rotatable bonds is 3. The van der Waals surface area contributed by atoms with Gasteiger partial charge in [-0.25, -0.2) is 0 Å². The molecule has 0 aromatic heterocycles. The minimum atomic E-state index is -0.560. The lowest BCUT2D eigenvalue weighted by molar-refractivity contribution is 0.0497. The maximum Gasteiger partial charge on any atom is 0.188 e. The number of thiocarbonyl (C=S) groups is 1. The standard InChI is InChI=1S/C23H19BrN2O2S/c1-23-14-20(19-13-15(24)7-12-21(19)28-23)25-22(29)26(23)16-8-10-18(11-9-16)27-17-5-3-2-4-6-17/h2-13,20H,14H2,1H3,(H,25,29). The summed E-state index contributed by atoms with van der Waals surface area (Å²) in [5.41, 5.74) is 1.53. The van der Waals surface area contributed by atoms with Gasteiger partial charge in [0.15, 0.2) is 10.8 Å². The van der Waals surface area contributed by atoms with Crippen LogP contribution in [0.5, 0.6) is 17.2 Å². The highest BCUT2D eigenvalue weighted by atomic mass is 79.9. The first-order valence-electron chi connectivity index (χ1n) is 9.44. The Morgan fingerprint density at radius 3 is 2.55 bits per heavy atom. The summed E-state index contributed by atoms with van der Waals surface area (Å²) in [6, 6.07) is 23.9. The van der Waals surface area contributed by atoms with Crippen LogP contribution < -0.4 is 19.7 Å². The molecule has 29 heavy (non-hydrogen) atoms. The predicted molar refractivity (Wildman–Crippen MR) is 122 cm³/mol. The number of halogens is 1. The van der Waals surface area contributed by atoms with Crippen molar-refractivity contribution >= 4 is 38.9 Å². The van der Waals surface area contributed by atoms with Gasteiger partial charge in [0.1, 0.15) is 17.2 Å². The van der Waals surface area contributed by atoms with E-state index in [2.05, 4.69) is 39.1 Å². The molecule has 0 saturated carbocycles. The van der Waals surface area contributed by atoms with E-state index in [0.717, 1.165) is 39.4 Å². The fourth-order valence-corrected chi connectivity index (χ4v) is 4.84. The van der Waals surface area contributed by atoms with E-state index in [1.165, 1.54) is 0 Å². The zero-order valence-corrected chi connectivity index (χ0v) is 18.2. The molecule has 6 heteroatoms. The Bertz CT molecular complexity index is 1070. The molecule has 3 aromatic carbocycles. The van der Waals surface area contributed by atoms with E-state index >= 15 is 0 Å². The zero-order chi connectivity index (χ0) is 20.0. The molecule has 2 aliphatic rings. The van der Waals surface area contributed by atoms with Crippen LogP contribution >= 0.6 is 28.1 Å². The molecule has 1 saturated heterocycles. The summed E-state index contributed by atoms with van der Waals surface area (Å²) < 4.78 is 13.4. The van der Waals surface area contributed by atoms with Gasteiger partial charge in [-0.1, -0.05) is 34.1 Å². The van der Waals surface area contributed by atoms with Crippen LogP contribution in [0.1, 0.15) is 24.9 Å². The van der Waals surface area contributed by atoms with Crippen molar-refractivity contribution in [1.29, 1.82) is 0 Å². The fraction of sp³-hybridized carbons (Fsp3) is 0.174. The van der Waals surface area contributed by atoms with Crippen LogP contribution in [0.4, 0.5) is 5.69 Å². The normalized spacial score (nSPS) is 22.3. The van der Waals surface area contributed by atoms with Gasteiger partial charge in [-0.3, -0.25) is 4.90 Å². The van der Waals surface area contributed by atoms with Crippen LogP contribution in [0.2, 0.25) is 0 Å². The Kier molecular flexibility index (Phi) is 4.48. The molecular weight excluding hydrogens is 448 g/mol. The summed E-state index contributed by atoms with van der Waals surface area (Å²) in [6.07, 6.45) is 0.791. The maximum absolute atomic E-state index is 6.45. The minimum absolute atomic E-state index is 0.130. The second-order valence-corrected chi connectivity index (χ2v) is 8.71. The van der Waals surface area contributed by atoms with Crippen molar-refractivity contribution in [3.63, 3.8) is 0 Å². The number of nitrogens with zero attached hydrogens (tertiary/aromatic N) is 1. The molecule has 2 bridgehead atoms. The SMILES string of the molecule is CC12CC(NC(=S)N1c1ccc(Oc3ccccc3)cc1)c1cc(Br)ccc1O2. The number of anilines is 1. The molecule has 1 fully saturated rings. The van der Waals surface area contributed by atoms with Gasteiger partial charge in [0.05, 0.1) is 6.04 Å². The highest BCUT2D eigenvalue weighted by molar-refractivity contribution is 9.10. The highest BCUT2D eigenvalue weighted by Crippen LogP contribution is 2.46. The number of nitrogens with one attached hydrogen (secondary N) is 1. The average Bonchev–Trinajstić information content (AvgIpc) is 2.70. The van der Waals surface area contributed by atoms with E-state index < -0.39 is 5.72 Å². The molecule has 2 heterocycles. The summed E-state index contributed by atoms with van der Waals surface area (Å²) in [4.78, 5) is 2.05. The monoisotopic (exact) mass is 466 g/mol. The van der Waals surface area contributed by atoms with Crippen LogP contribution in [0.25, 0.3) is 0 Å². The fourth-order valence-electron chi connectivity index (χ4n) is 4.02. The van der Waals surface area contributed by atoms with Crippen molar-refractivity contribution in [2.45, 2.75) is 25.1 Å². The van der Waals surface area contributed by atoms with Crippen LogP contribution in [-0.2, 0) is 0 Å². The number of fused-ring (bicyclic) bond motifs is 4. The summed E-state index contributed by atoms with van der Waals surface area (Å²) in [5, 5.41) is 4.14. The van der Waals surface area contributed by atoms with E-state index in [-0.39, 0.29) is 6.04 Å². The number of ether oxygens (including phenoxy) is 2. The summed E-state index contributed by atoms with van der Waals surface area (Å²) >= 11 is 9.28. The molecule has 0 radical (unpaired) electrons. The predicted octanol–water partition coefficient (Wildman–Crippen LogP) is 6.18. The largest absolute Gasteiger partial charge is 0.467 e. The van der Waals surface area contributed by atoms with E-state index in [0.29, 0.717) is 5.11 Å². The van der Waals surface area contributed by atoms with Gasteiger partial charge in [-0.2, -0.15) is 0 Å². The molecule has 1 N–H and O–H groups in total. The third-order valence-corrected chi connectivity index (χ3v) is 6.10. The molecule has 2 atom stereocenters. The Labute approximate surface area is 183 Å². The summed E-state index contributed by atoms with van der Waals surface area (Å²) in [5.74, 6) is 2.47. The van der Waals surface area contributed by atoms with Gasteiger partial charge < -0.3 is 14.8 Å². The van der Waals surface area contributed by atoms with Crippen molar-refractivity contribution in [2.75, 3.05) is 4.90 Å². The Hall–Kier alpha value is -2.57. The van der Waals surface area contributed by atoms with Gasteiger partial charge in [-0.05, 0) is 73.7 Å². The first-order valence-corrected chi connectivity index (χ1v) is 10.6. The lowest BCUT2D eigenvalue weighted by Crippen LogP contribution is -2.65. The number of para-hydroxylation sites is 1. The zero-order valence-electron chi connectivity index (χ0n) is 15.8. The first kappa shape index (κ1) is 18.5. The van der Waals surface area contributed by atoms with Gasteiger partial charge in [0.25, 0.3) is 0 Å². The van der Waals surface area contributed by atoms with Crippen molar-refractivity contribution in [2.24, 2.45) is 0 Å². The van der Waals surface area contributed by atoms with Crippen molar-refractivity contribution in [3.05, 3.63) is 82.8 Å². The molecule has 2 aliphatic heterocycles. The van der Waals surface area contributed by atoms with Crippen LogP contribution in [-0.4, -0.2) is 10.8 Å². The molecule has 0 spiro atoms. The smallest absolute Gasteiger partial charge is 0.188 e.